The summed E-state index contributed by atoms with van der Waals surface area (Å²) in [6.45, 7) is 1.87. The van der Waals surface area contributed by atoms with Crippen LogP contribution in [0.1, 0.15) is 32.1 Å². The lowest BCUT2D eigenvalue weighted by Gasteiger charge is -2.28. The minimum atomic E-state index is 0.441. The molecule has 1 aliphatic carbocycles. The Morgan fingerprint density at radius 3 is 2.47 bits per heavy atom. The van der Waals surface area contributed by atoms with E-state index in [0.29, 0.717) is 5.41 Å². The van der Waals surface area contributed by atoms with Gasteiger partial charge in [0.2, 0.25) is 0 Å². The average Bonchev–Trinajstić information content (AvgIpc) is 2.88. The van der Waals surface area contributed by atoms with Crippen molar-refractivity contribution in [1.82, 2.24) is 5.32 Å². The number of hydrogen-bond acceptors (Lipinski definition) is 3. The number of hydrogen-bond donors (Lipinski definition) is 1. The van der Waals surface area contributed by atoms with Gasteiger partial charge in [-0.05, 0) is 43.9 Å². The van der Waals surface area contributed by atoms with E-state index < -0.39 is 0 Å². The summed E-state index contributed by atoms with van der Waals surface area (Å²) in [7, 11) is 3.73. The zero-order valence-electron chi connectivity index (χ0n) is 12.1. The summed E-state index contributed by atoms with van der Waals surface area (Å²) >= 11 is 0. The number of rotatable bonds is 7. The molecular formula is C16H25NO2. The minimum absolute atomic E-state index is 0.441. The van der Waals surface area contributed by atoms with Gasteiger partial charge in [0.1, 0.15) is 0 Å². The molecule has 0 heterocycles. The second kappa shape index (κ2) is 6.80. The molecule has 1 aliphatic rings. The Kier molecular flexibility index (Phi) is 5.08. The number of benzene rings is 1. The third-order valence-corrected chi connectivity index (χ3v) is 4.18. The Labute approximate surface area is 116 Å². The smallest absolute Gasteiger partial charge is 0.161 e. The van der Waals surface area contributed by atoms with E-state index >= 15 is 0 Å². The monoisotopic (exact) mass is 263 g/mol. The molecule has 0 aliphatic heterocycles. The highest BCUT2D eigenvalue weighted by molar-refractivity contribution is 5.39. The maximum Gasteiger partial charge on any atom is 0.161 e. The van der Waals surface area contributed by atoms with Gasteiger partial charge in [0.05, 0.1) is 13.7 Å². The predicted octanol–water partition coefficient (Wildman–Crippen LogP) is 3.24. The maximum absolute atomic E-state index is 5.91. The molecule has 3 heteroatoms. The molecule has 2 rings (SSSR count). The van der Waals surface area contributed by atoms with Gasteiger partial charge in [-0.25, -0.2) is 0 Å². The summed E-state index contributed by atoms with van der Waals surface area (Å²) in [5.41, 5.74) is 0.441. The van der Waals surface area contributed by atoms with Gasteiger partial charge in [-0.1, -0.05) is 25.0 Å². The molecule has 1 aromatic carbocycles. The van der Waals surface area contributed by atoms with Crippen molar-refractivity contribution in [2.75, 3.05) is 27.3 Å². The van der Waals surface area contributed by atoms with E-state index in [0.717, 1.165) is 31.1 Å². The zero-order chi connectivity index (χ0) is 13.6. The van der Waals surface area contributed by atoms with Crippen molar-refractivity contribution in [3.8, 4) is 11.5 Å². The first-order valence-electron chi connectivity index (χ1n) is 7.20. The summed E-state index contributed by atoms with van der Waals surface area (Å²) in [6.07, 6.45) is 6.48. The van der Waals surface area contributed by atoms with Gasteiger partial charge < -0.3 is 14.8 Å². The van der Waals surface area contributed by atoms with Crippen LogP contribution in [0.3, 0.4) is 0 Å². The zero-order valence-corrected chi connectivity index (χ0v) is 12.1. The van der Waals surface area contributed by atoms with Crippen LogP contribution in [0.25, 0.3) is 0 Å². The standard InChI is InChI=1S/C16H25NO2/c1-17-13-16(9-5-6-10-16)11-12-19-15-8-4-3-7-14(15)18-2/h3-4,7-8,17H,5-6,9-13H2,1-2H3. The van der Waals surface area contributed by atoms with Crippen LogP contribution in [0.5, 0.6) is 11.5 Å². The average molecular weight is 263 g/mol. The molecule has 0 unspecified atom stereocenters. The van der Waals surface area contributed by atoms with Gasteiger partial charge in [-0.3, -0.25) is 0 Å². The maximum atomic E-state index is 5.91. The van der Waals surface area contributed by atoms with Gasteiger partial charge in [0.25, 0.3) is 0 Å². The molecule has 0 aromatic heterocycles. The quantitative estimate of drug-likeness (QED) is 0.819. The Balaban J connectivity index is 1.88. The van der Waals surface area contributed by atoms with Gasteiger partial charge in [-0.2, -0.15) is 0 Å². The molecule has 19 heavy (non-hydrogen) atoms. The largest absolute Gasteiger partial charge is 0.493 e. The molecule has 106 valence electrons. The first kappa shape index (κ1) is 14.2. The fourth-order valence-electron chi connectivity index (χ4n) is 3.13. The van der Waals surface area contributed by atoms with Crippen molar-refractivity contribution in [1.29, 1.82) is 0 Å². The van der Waals surface area contributed by atoms with Crippen molar-refractivity contribution in [3.05, 3.63) is 24.3 Å². The van der Waals surface area contributed by atoms with Crippen LogP contribution in [0.4, 0.5) is 0 Å². The Bertz CT molecular complexity index is 386. The number of methoxy groups -OCH3 is 1. The van der Waals surface area contributed by atoms with Gasteiger partial charge >= 0.3 is 0 Å². The topological polar surface area (TPSA) is 30.5 Å². The van der Waals surface area contributed by atoms with Crippen LogP contribution in [0.2, 0.25) is 0 Å². The minimum Gasteiger partial charge on any atom is -0.493 e. The Hall–Kier alpha value is -1.22. The molecule has 0 bridgehead atoms. The third kappa shape index (κ3) is 3.63. The van der Waals surface area contributed by atoms with E-state index in [1.54, 1.807) is 7.11 Å². The van der Waals surface area contributed by atoms with Crippen LogP contribution in [-0.4, -0.2) is 27.3 Å². The summed E-state index contributed by atoms with van der Waals surface area (Å²) in [4.78, 5) is 0. The van der Waals surface area contributed by atoms with Crippen LogP contribution >= 0.6 is 0 Å². The van der Waals surface area contributed by atoms with Gasteiger partial charge in [0, 0.05) is 6.54 Å². The van der Waals surface area contributed by atoms with Crippen LogP contribution < -0.4 is 14.8 Å². The second-order valence-electron chi connectivity index (χ2n) is 5.49. The molecule has 1 N–H and O–H groups in total. The van der Waals surface area contributed by atoms with Crippen LogP contribution in [-0.2, 0) is 0 Å². The molecule has 1 saturated carbocycles. The van der Waals surface area contributed by atoms with E-state index in [1.807, 2.05) is 31.3 Å². The fourth-order valence-corrected chi connectivity index (χ4v) is 3.13. The summed E-state index contributed by atoms with van der Waals surface area (Å²) in [5.74, 6) is 1.67. The van der Waals surface area contributed by atoms with Crippen LogP contribution in [0.15, 0.2) is 24.3 Å². The molecule has 0 saturated heterocycles. The van der Waals surface area contributed by atoms with Gasteiger partial charge in [-0.15, -0.1) is 0 Å². The predicted molar refractivity (Wildman–Crippen MR) is 77.9 cm³/mol. The summed E-state index contributed by atoms with van der Waals surface area (Å²) < 4.78 is 11.2. The van der Waals surface area contributed by atoms with Crippen molar-refractivity contribution < 1.29 is 9.47 Å². The molecule has 3 nitrogen and oxygen atoms in total. The highest BCUT2D eigenvalue weighted by Gasteiger charge is 2.32. The molecule has 1 aromatic rings. The first-order valence-corrected chi connectivity index (χ1v) is 7.20. The van der Waals surface area contributed by atoms with Crippen LogP contribution in [0, 0.1) is 5.41 Å². The lowest BCUT2D eigenvalue weighted by Crippen LogP contribution is -2.31. The van der Waals surface area contributed by atoms with Gasteiger partial charge in [0.15, 0.2) is 11.5 Å². The Morgan fingerprint density at radius 1 is 1.16 bits per heavy atom. The molecule has 0 amide bonds. The van der Waals surface area contributed by atoms with E-state index in [-0.39, 0.29) is 0 Å². The highest BCUT2D eigenvalue weighted by atomic mass is 16.5. The van der Waals surface area contributed by atoms with E-state index in [2.05, 4.69) is 5.32 Å². The van der Waals surface area contributed by atoms with Crippen molar-refractivity contribution in [2.45, 2.75) is 32.1 Å². The summed E-state index contributed by atoms with van der Waals surface area (Å²) in [5, 5.41) is 3.34. The molecular weight excluding hydrogens is 238 g/mol. The SMILES string of the molecule is CNCC1(CCOc2ccccc2OC)CCCC1. The second-order valence-corrected chi connectivity index (χ2v) is 5.49. The lowest BCUT2D eigenvalue weighted by atomic mass is 9.83. The number of ether oxygens (including phenoxy) is 2. The van der Waals surface area contributed by atoms with Crippen molar-refractivity contribution in [2.24, 2.45) is 5.41 Å². The molecule has 0 atom stereocenters. The number of para-hydroxylation sites is 2. The van der Waals surface area contributed by atoms with E-state index in [1.165, 1.54) is 25.7 Å². The van der Waals surface area contributed by atoms with E-state index in [4.69, 9.17) is 9.47 Å². The fraction of sp³-hybridized carbons (Fsp3) is 0.625. The molecule has 1 fully saturated rings. The molecule has 0 spiro atoms. The summed E-state index contributed by atoms with van der Waals surface area (Å²) in [6, 6.07) is 7.86. The first-order chi connectivity index (χ1) is 9.29. The van der Waals surface area contributed by atoms with Crippen molar-refractivity contribution in [3.63, 3.8) is 0 Å². The highest BCUT2D eigenvalue weighted by Crippen LogP contribution is 2.40. The third-order valence-electron chi connectivity index (χ3n) is 4.18. The van der Waals surface area contributed by atoms with E-state index in [9.17, 15) is 0 Å². The normalized spacial score (nSPS) is 17.4. The Morgan fingerprint density at radius 2 is 1.84 bits per heavy atom. The number of nitrogens with one attached hydrogen (secondary N) is 1. The lowest BCUT2D eigenvalue weighted by molar-refractivity contribution is 0.191. The molecule has 0 radical (unpaired) electrons. The van der Waals surface area contributed by atoms with Crippen molar-refractivity contribution >= 4 is 0 Å².